The predicted octanol–water partition coefficient (Wildman–Crippen LogP) is 2.56. The second-order valence-electron chi connectivity index (χ2n) is 3.65. The van der Waals surface area contributed by atoms with Gasteiger partial charge in [0.25, 0.3) is 0 Å². The van der Waals surface area contributed by atoms with Crippen LogP contribution in [0.1, 0.15) is 11.8 Å². The van der Waals surface area contributed by atoms with Crippen LogP contribution in [-0.2, 0) is 4.43 Å². The lowest BCUT2D eigenvalue weighted by Crippen LogP contribution is -2.27. The fraction of sp³-hybridized carbons (Fsp3) is 0.500. The summed E-state index contributed by atoms with van der Waals surface area (Å²) in [5.41, 5.74) is 2.45. The van der Waals surface area contributed by atoms with E-state index < -0.39 is 14.4 Å². The van der Waals surface area contributed by atoms with Gasteiger partial charge in [0.05, 0.1) is 17.3 Å². The zero-order valence-corrected chi connectivity index (χ0v) is 9.76. The number of rotatable bonds is 3. The Kier molecular flexibility index (Phi) is 3.20. The molecule has 5 heteroatoms. The molecule has 0 aromatic carbocycles. The van der Waals surface area contributed by atoms with E-state index >= 15 is 0 Å². The Morgan fingerprint density at radius 2 is 2.31 bits per heavy atom. The van der Waals surface area contributed by atoms with E-state index in [0.717, 1.165) is 5.69 Å². The minimum atomic E-state index is -1.66. The lowest BCUT2D eigenvalue weighted by Gasteiger charge is -2.20. The Morgan fingerprint density at radius 1 is 1.62 bits per heavy atom. The third-order valence-corrected chi connectivity index (χ3v) is 2.86. The van der Waals surface area contributed by atoms with Gasteiger partial charge >= 0.3 is 0 Å². The number of thiazole rings is 1. The lowest BCUT2D eigenvalue weighted by molar-refractivity contribution is 0.251. The van der Waals surface area contributed by atoms with Crippen molar-refractivity contribution in [2.45, 2.75) is 25.7 Å². The first-order valence-electron chi connectivity index (χ1n) is 3.98. The SMILES string of the molecule is C[Si](C)(C)OC(C#N)c1cscn1. The molecule has 0 bridgehead atoms. The number of hydrogen-bond donors (Lipinski definition) is 0. The maximum Gasteiger partial charge on any atom is 0.186 e. The molecule has 1 atom stereocenters. The molecular weight excluding hydrogens is 200 g/mol. The largest absolute Gasteiger partial charge is 0.398 e. The van der Waals surface area contributed by atoms with E-state index in [9.17, 15) is 0 Å². The second-order valence-corrected chi connectivity index (χ2v) is 8.83. The Hall–Kier alpha value is -0.703. The summed E-state index contributed by atoms with van der Waals surface area (Å²) in [5.74, 6) is 0. The molecule has 1 aromatic heterocycles. The number of hydrogen-bond acceptors (Lipinski definition) is 4. The van der Waals surface area contributed by atoms with E-state index in [1.807, 2.05) is 5.38 Å². The second kappa shape index (κ2) is 4.00. The highest BCUT2D eigenvalue weighted by atomic mass is 32.1. The van der Waals surface area contributed by atoms with Crippen molar-refractivity contribution in [1.82, 2.24) is 4.98 Å². The monoisotopic (exact) mass is 212 g/mol. The molecule has 0 fully saturated rings. The summed E-state index contributed by atoms with van der Waals surface area (Å²) in [6.45, 7) is 6.18. The third kappa shape index (κ3) is 3.26. The van der Waals surface area contributed by atoms with Crippen molar-refractivity contribution >= 4 is 19.7 Å². The van der Waals surface area contributed by atoms with Crippen LogP contribution in [0.15, 0.2) is 10.9 Å². The maximum atomic E-state index is 8.87. The first kappa shape index (κ1) is 10.4. The Morgan fingerprint density at radius 3 is 2.69 bits per heavy atom. The summed E-state index contributed by atoms with van der Waals surface area (Å²) >= 11 is 1.48. The molecule has 0 radical (unpaired) electrons. The zero-order valence-electron chi connectivity index (χ0n) is 7.94. The summed E-state index contributed by atoms with van der Waals surface area (Å²) in [5, 5.41) is 10.7. The number of aromatic nitrogens is 1. The van der Waals surface area contributed by atoms with Gasteiger partial charge in [0.15, 0.2) is 14.4 Å². The third-order valence-electron chi connectivity index (χ3n) is 1.31. The van der Waals surface area contributed by atoms with Gasteiger partial charge in [-0.05, 0) is 19.6 Å². The Bertz CT molecular complexity index is 299. The molecule has 0 saturated carbocycles. The Balaban J connectivity index is 2.72. The van der Waals surface area contributed by atoms with E-state index in [2.05, 4.69) is 30.7 Å². The van der Waals surface area contributed by atoms with Gasteiger partial charge in [0.2, 0.25) is 0 Å². The zero-order chi connectivity index (χ0) is 9.90. The van der Waals surface area contributed by atoms with Gasteiger partial charge < -0.3 is 4.43 Å². The van der Waals surface area contributed by atoms with E-state index in [-0.39, 0.29) is 0 Å². The summed E-state index contributed by atoms with van der Waals surface area (Å²) in [4.78, 5) is 4.06. The maximum absolute atomic E-state index is 8.87. The minimum Gasteiger partial charge on any atom is -0.398 e. The molecule has 13 heavy (non-hydrogen) atoms. The molecule has 0 N–H and O–H groups in total. The molecule has 0 aliphatic carbocycles. The van der Waals surface area contributed by atoms with Crippen molar-refractivity contribution in [2.24, 2.45) is 0 Å². The summed E-state index contributed by atoms with van der Waals surface area (Å²) in [6.07, 6.45) is -0.488. The van der Waals surface area contributed by atoms with E-state index in [1.54, 1.807) is 5.51 Å². The predicted molar refractivity (Wildman–Crippen MR) is 54.9 cm³/mol. The van der Waals surface area contributed by atoms with Crippen molar-refractivity contribution in [3.63, 3.8) is 0 Å². The van der Waals surface area contributed by atoms with Gasteiger partial charge in [-0.2, -0.15) is 5.26 Å². The normalized spacial score (nSPS) is 13.7. The number of nitriles is 1. The summed E-state index contributed by atoms with van der Waals surface area (Å²) < 4.78 is 5.65. The first-order valence-corrected chi connectivity index (χ1v) is 8.33. The average Bonchev–Trinajstić information content (AvgIpc) is 2.50. The molecule has 0 saturated heterocycles. The molecular formula is C8H12N2OSSi. The van der Waals surface area contributed by atoms with Gasteiger partial charge in [-0.1, -0.05) is 0 Å². The molecule has 3 nitrogen and oxygen atoms in total. The summed E-state index contributed by atoms with van der Waals surface area (Å²) in [7, 11) is -1.66. The summed E-state index contributed by atoms with van der Waals surface area (Å²) in [6, 6.07) is 2.12. The fourth-order valence-corrected chi connectivity index (χ4v) is 2.31. The quantitative estimate of drug-likeness (QED) is 0.723. The lowest BCUT2D eigenvalue weighted by atomic mass is 10.3. The van der Waals surface area contributed by atoms with Crippen LogP contribution >= 0.6 is 11.3 Å². The van der Waals surface area contributed by atoms with Crippen LogP contribution in [0.3, 0.4) is 0 Å². The highest BCUT2D eigenvalue weighted by Gasteiger charge is 2.23. The van der Waals surface area contributed by atoms with Crippen molar-refractivity contribution in [3.8, 4) is 6.07 Å². The van der Waals surface area contributed by atoms with Crippen molar-refractivity contribution < 1.29 is 4.43 Å². The van der Waals surface area contributed by atoms with Crippen LogP contribution in [0.2, 0.25) is 19.6 Å². The highest BCUT2D eigenvalue weighted by Crippen LogP contribution is 2.20. The van der Waals surface area contributed by atoms with Crippen LogP contribution in [0, 0.1) is 11.3 Å². The first-order chi connectivity index (χ1) is 6.03. The average molecular weight is 212 g/mol. The fourth-order valence-electron chi connectivity index (χ4n) is 0.858. The van der Waals surface area contributed by atoms with Gasteiger partial charge in [-0.15, -0.1) is 11.3 Å². The van der Waals surface area contributed by atoms with E-state index in [1.165, 1.54) is 11.3 Å². The molecule has 0 aliphatic heterocycles. The van der Waals surface area contributed by atoms with Crippen LogP contribution in [0.25, 0.3) is 0 Å². The van der Waals surface area contributed by atoms with Crippen molar-refractivity contribution in [1.29, 1.82) is 5.26 Å². The molecule has 0 amide bonds. The van der Waals surface area contributed by atoms with Gasteiger partial charge in [0.1, 0.15) is 0 Å². The minimum absolute atomic E-state index is 0.488. The molecule has 1 heterocycles. The van der Waals surface area contributed by atoms with Gasteiger partial charge in [0, 0.05) is 5.38 Å². The topological polar surface area (TPSA) is 45.9 Å². The van der Waals surface area contributed by atoms with Crippen LogP contribution in [0.5, 0.6) is 0 Å². The van der Waals surface area contributed by atoms with Crippen molar-refractivity contribution in [2.75, 3.05) is 0 Å². The molecule has 1 unspecified atom stereocenters. The highest BCUT2D eigenvalue weighted by molar-refractivity contribution is 7.07. The number of nitrogens with zero attached hydrogens (tertiary/aromatic N) is 2. The van der Waals surface area contributed by atoms with E-state index in [4.69, 9.17) is 9.69 Å². The van der Waals surface area contributed by atoms with Crippen LogP contribution in [0.4, 0.5) is 0 Å². The standard InChI is InChI=1S/C8H12N2OSSi/c1-13(2,3)11-8(4-9)7-5-12-6-10-7/h5-6,8H,1-3H3. The molecule has 0 spiro atoms. The van der Waals surface area contributed by atoms with Crippen LogP contribution in [-0.4, -0.2) is 13.3 Å². The smallest absolute Gasteiger partial charge is 0.186 e. The van der Waals surface area contributed by atoms with Gasteiger partial charge in [-0.3, -0.25) is 0 Å². The molecule has 0 aliphatic rings. The Labute approximate surface area is 83.1 Å². The molecule has 70 valence electrons. The molecule has 1 rings (SSSR count). The van der Waals surface area contributed by atoms with E-state index in [0.29, 0.717) is 0 Å². The van der Waals surface area contributed by atoms with Crippen molar-refractivity contribution in [3.05, 3.63) is 16.6 Å². The molecule has 1 aromatic rings. The van der Waals surface area contributed by atoms with Gasteiger partial charge in [-0.25, -0.2) is 4.98 Å². The van der Waals surface area contributed by atoms with Crippen LogP contribution < -0.4 is 0 Å².